The van der Waals surface area contributed by atoms with Gasteiger partial charge in [-0.1, -0.05) is 176 Å². The molecule has 9 rings (SSSR count). The fraction of sp³-hybridized carbons (Fsp3) is 0.0204. The molecule has 0 saturated heterocycles. The van der Waals surface area contributed by atoms with E-state index in [1.165, 1.54) is 77.6 Å². The van der Waals surface area contributed by atoms with Crippen LogP contribution in [0.15, 0.2) is 206 Å². The molecule has 0 fully saturated rings. The molecule has 9 aromatic rings. The van der Waals surface area contributed by atoms with E-state index in [4.69, 9.17) is 0 Å². The number of fused-ring (bicyclic) bond motifs is 3. The molecule has 0 amide bonds. The van der Waals surface area contributed by atoms with Gasteiger partial charge in [0.2, 0.25) is 0 Å². The summed E-state index contributed by atoms with van der Waals surface area (Å²) in [5.74, 6) is 0.102. The maximum atomic E-state index is 2.37. The molecule has 0 radical (unpaired) electrons. The summed E-state index contributed by atoms with van der Waals surface area (Å²) in [5.41, 5.74) is 14.8. The number of para-hydroxylation sites is 2. The zero-order valence-electron chi connectivity index (χ0n) is 27.7. The Balaban J connectivity index is 1.10. The Morgan fingerprint density at radius 3 is 1.18 bits per heavy atom. The number of rotatable bonds is 7. The van der Waals surface area contributed by atoms with E-state index in [9.17, 15) is 0 Å². The minimum atomic E-state index is 0.102. The molecule has 0 aliphatic carbocycles. The first kappa shape index (κ1) is 29.7. The normalized spacial score (nSPS) is 11.4. The Morgan fingerprint density at radius 2 is 0.660 bits per heavy atom. The predicted molar refractivity (Wildman–Crippen MR) is 211 cm³/mol. The van der Waals surface area contributed by atoms with Crippen LogP contribution in [-0.4, -0.2) is 4.57 Å². The third-order valence-corrected chi connectivity index (χ3v) is 9.97. The molecule has 0 saturated carbocycles. The van der Waals surface area contributed by atoms with E-state index in [0.29, 0.717) is 0 Å². The number of nitrogens with zero attached hydrogens (tertiary/aromatic N) is 1. The quantitative estimate of drug-likeness (QED) is 0.153. The highest BCUT2D eigenvalue weighted by molar-refractivity contribution is 6.10. The topological polar surface area (TPSA) is 4.93 Å². The van der Waals surface area contributed by atoms with Crippen molar-refractivity contribution in [3.63, 3.8) is 0 Å². The van der Waals surface area contributed by atoms with Gasteiger partial charge < -0.3 is 4.57 Å². The van der Waals surface area contributed by atoms with Crippen LogP contribution in [-0.2, 0) is 0 Å². The molecular weight excluding hydrogens is 603 g/mol. The lowest BCUT2D eigenvalue weighted by atomic mass is 9.83. The van der Waals surface area contributed by atoms with Gasteiger partial charge in [0.15, 0.2) is 0 Å². The van der Waals surface area contributed by atoms with Crippen molar-refractivity contribution in [1.29, 1.82) is 0 Å². The molecule has 236 valence electrons. The summed E-state index contributed by atoms with van der Waals surface area (Å²) in [4.78, 5) is 0. The minimum Gasteiger partial charge on any atom is -0.309 e. The Hall–Kier alpha value is -6.44. The molecule has 0 bridgehead atoms. The van der Waals surface area contributed by atoms with Gasteiger partial charge in [0, 0.05) is 22.4 Å². The molecule has 0 spiro atoms. The van der Waals surface area contributed by atoms with Gasteiger partial charge >= 0.3 is 0 Å². The lowest BCUT2D eigenvalue weighted by molar-refractivity contribution is 0.978. The van der Waals surface area contributed by atoms with Crippen LogP contribution in [0.2, 0.25) is 0 Å². The van der Waals surface area contributed by atoms with E-state index in [2.05, 4.69) is 211 Å². The monoisotopic (exact) mass is 637 g/mol. The SMILES string of the molecule is c1ccc(-c2ccc(C(c3ccc(-c4ccccc4)cc3)c3ccc(-c4ccc5c(c4)c4ccccc4n5-c4ccccc4)cc3)cc2)cc1. The van der Waals surface area contributed by atoms with Crippen molar-refractivity contribution >= 4 is 21.8 Å². The summed E-state index contributed by atoms with van der Waals surface area (Å²) in [7, 11) is 0. The van der Waals surface area contributed by atoms with Gasteiger partial charge in [0.1, 0.15) is 0 Å². The van der Waals surface area contributed by atoms with Crippen LogP contribution >= 0.6 is 0 Å². The average Bonchev–Trinajstić information content (AvgIpc) is 3.53. The van der Waals surface area contributed by atoms with Gasteiger partial charge in [-0.15, -0.1) is 0 Å². The van der Waals surface area contributed by atoms with Crippen molar-refractivity contribution in [1.82, 2.24) is 4.57 Å². The van der Waals surface area contributed by atoms with E-state index in [-0.39, 0.29) is 5.92 Å². The highest BCUT2D eigenvalue weighted by Gasteiger charge is 2.18. The first-order valence-electron chi connectivity index (χ1n) is 17.3. The molecule has 1 nitrogen and oxygen atoms in total. The Morgan fingerprint density at radius 1 is 0.280 bits per heavy atom. The summed E-state index contributed by atoms with van der Waals surface area (Å²) in [5, 5.41) is 2.53. The van der Waals surface area contributed by atoms with Crippen molar-refractivity contribution in [2.24, 2.45) is 0 Å². The van der Waals surface area contributed by atoms with Crippen LogP contribution in [0.5, 0.6) is 0 Å². The van der Waals surface area contributed by atoms with E-state index in [0.717, 1.165) is 0 Å². The van der Waals surface area contributed by atoms with Crippen LogP contribution in [0.4, 0.5) is 0 Å². The molecule has 50 heavy (non-hydrogen) atoms. The van der Waals surface area contributed by atoms with Gasteiger partial charge in [0.25, 0.3) is 0 Å². The smallest absolute Gasteiger partial charge is 0.0541 e. The molecule has 0 aliphatic rings. The van der Waals surface area contributed by atoms with Crippen molar-refractivity contribution in [2.75, 3.05) is 0 Å². The fourth-order valence-electron chi connectivity index (χ4n) is 7.45. The lowest BCUT2D eigenvalue weighted by Gasteiger charge is -2.20. The number of hydrogen-bond donors (Lipinski definition) is 0. The minimum absolute atomic E-state index is 0.102. The summed E-state index contributed by atoms with van der Waals surface area (Å²) in [6.45, 7) is 0. The highest BCUT2D eigenvalue weighted by Crippen LogP contribution is 2.38. The number of benzene rings is 8. The lowest BCUT2D eigenvalue weighted by Crippen LogP contribution is -2.03. The van der Waals surface area contributed by atoms with Crippen molar-refractivity contribution < 1.29 is 0 Å². The largest absolute Gasteiger partial charge is 0.309 e. The second kappa shape index (κ2) is 12.9. The van der Waals surface area contributed by atoms with Crippen molar-refractivity contribution in [2.45, 2.75) is 5.92 Å². The number of hydrogen-bond acceptors (Lipinski definition) is 0. The summed E-state index contributed by atoms with van der Waals surface area (Å²) in [6.07, 6.45) is 0. The predicted octanol–water partition coefficient (Wildman–Crippen LogP) is 13.0. The van der Waals surface area contributed by atoms with Crippen molar-refractivity contribution in [3.8, 4) is 39.1 Å². The second-order valence-corrected chi connectivity index (χ2v) is 13.0. The zero-order chi connectivity index (χ0) is 33.3. The van der Waals surface area contributed by atoms with Gasteiger partial charge in [-0.2, -0.15) is 0 Å². The third-order valence-electron chi connectivity index (χ3n) is 9.97. The van der Waals surface area contributed by atoms with Crippen molar-refractivity contribution in [3.05, 3.63) is 223 Å². The molecule has 0 aliphatic heterocycles. The Labute approximate surface area is 293 Å². The molecule has 0 unspecified atom stereocenters. The van der Waals surface area contributed by atoms with Gasteiger partial charge in [0.05, 0.1) is 11.0 Å². The molecule has 1 heteroatoms. The van der Waals surface area contributed by atoms with Crippen LogP contribution < -0.4 is 0 Å². The number of aromatic nitrogens is 1. The molecule has 8 aromatic carbocycles. The van der Waals surface area contributed by atoms with E-state index < -0.39 is 0 Å². The van der Waals surface area contributed by atoms with E-state index in [1.807, 2.05) is 0 Å². The van der Waals surface area contributed by atoms with Crippen LogP contribution in [0.1, 0.15) is 22.6 Å². The standard InChI is InChI=1S/C49H35N/c1-4-12-35(13-5-1)37-20-26-40(27-21-37)49(41-28-22-38(23-29-41)36-14-6-2-7-15-36)42-30-24-39(25-31-42)43-32-33-48-46(34-43)45-18-10-11-19-47(45)50(48)44-16-8-3-9-17-44/h1-34,49H. The first-order chi connectivity index (χ1) is 24.8. The third kappa shape index (κ3) is 5.49. The molecule has 1 aromatic heterocycles. The maximum Gasteiger partial charge on any atom is 0.0541 e. The maximum absolute atomic E-state index is 2.37. The Bertz CT molecular complexity index is 2440. The van der Waals surface area contributed by atoms with E-state index >= 15 is 0 Å². The average molecular weight is 638 g/mol. The molecular formula is C49H35N. The summed E-state index contributed by atoms with van der Waals surface area (Å²) < 4.78 is 2.37. The summed E-state index contributed by atoms with van der Waals surface area (Å²) in [6, 6.07) is 74.9. The van der Waals surface area contributed by atoms with Gasteiger partial charge in [-0.3, -0.25) is 0 Å². The fourth-order valence-corrected chi connectivity index (χ4v) is 7.45. The van der Waals surface area contributed by atoms with E-state index in [1.54, 1.807) is 0 Å². The second-order valence-electron chi connectivity index (χ2n) is 13.0. The summed E-state index contributed by atoms with van der Waals surface area (Å²) >= 11 is 0. The highest BCUT2D eigenvalue weighted by atomic mass is 15.0. The first-order valence-corrected chi connectivity index (χ1v) is 17.3. The molecule has 0 N–H and O–H groups in total. The zero-order valence-corrected chi connectivity index (χ0v) is 27.7. The van der Waals surface area contributed by atoms with Crippen LogP contribution in [0.3, 0.4) is 0 Å². The van der Waals surface area contributed by atoms with Crippen LogP contribution in [0, 0.1) is 0 Å². The van der Waals surface area contributed by atoms with Gasteiger partial charge in [-0.05, 0) is 80.4 Å². The molecule has 1 heterocycles. The van der Waals surface area contributed by atoms with Gasteiger partial charge in [-0.25, -0.2) is 0 Å². The Kier molecular flexibility index (Phi) is 7.64. The molecule has 0 atom stereocenters. The van der Waals surface area contributed by atoms with Crippen LogP contribution in [0.25, 0.3) is 60.9 Å².